The molecule has 0 aromatic heterocycles. The van der Waals surface area contributed by atoms with Crippen LogP contribution in [0.4, 0.5) is 0 Å². The Kier molecular flexibility index (Phi) is 5.11. The van der Waals surface area contributed by atoms with Crippen molar-refractivity contribution in [2.45, 2.75) is 78.9 Å². The average Bonchev–Trinajstić information content (AvgIpc) is 2.51. The Bertz CT molecular complexity index is 486. The lowest BCUT2D eigenvalue weighted by molar-refractivity contribution is 0.0614. The number of benzene rings is 1. The first-order valence-corrected chi connectivity index (χ1v) is 8.36. The zero-order chi connectivity index (χ0) is 15.7. The highest BCUT2D eigenvalue weighted by atomic mass is 16.3. The quantitative estimate of drug-likeness (QED) is 0.877. The fraction of sp³-hybridized carbons (Fsp3) is 0.684. The van der Waals surface area contributed by atoms with Gasteiger partial charge < -0.3 is 10.8 Å². The first-order valence-electron chi connectivity index (χ1n) is 8.36. The van der Waals surface area contributed by atoms with Crippen molar-refractivity contribution in [3.63, 3.8) is 0 Å². The van der Waals surface area contributed by atoms with Gasteiger partial charge in [-0.2, -0.15) is 0 Å². The number of rotatable bonds is 3. The Labute approximate surface area is 129 Å². The van der Waals surface area contributed by atoms with Gasteiger partial charge in [-0.25, -0.2) is 0 Å². The lowest BCUT2D eigenvalue weighted by atomic mass is 9.78. The average molecular weight is 289 g/mol. The summed E-state index contributed by atoms with van der Waals surface area (Å²) in [5.74, 6) is 0.370. The molecule has 0 amide bonds. The molecule has 3 N–H and O–H groups in total. The van der Waals surface area contributed by atoms with Crippen molar-refractivity contribution < 1.29 is 5.11 Å². The Balaban J connectivity index is 2.36. The lowest BCUT2D eigenvalue weighted by Crippen LogP contribution is -2.35. The Morgan fingerprint density at radius 3 is 1.71 bits per heavy atom. The van der Waals surface area contributed by atoms with Crippen LogP contribution in [0.5, 0.6) is 0 Å². The molecule has 0 radical (unpaired) electrons. The molecular formula is C19H31NO. The fourth-order valence-corrected chi connectivity index (χ4v) is 3.97. The van der Waals surface area contributed by atoms with Crippen LogP contribution in [0.25, 0.3) is 0 Å². The smallest absolute Gasteiger partial charge is 0.0761 e. The van der Waals surface area contributed by atoms with Gasteiger partial charge in [-0.1, -0.05) is 19.3 Å². The number of aliphatic hydroxyl groups excluding tert-OH is 1. The molecule has 1 aromatic rings. The highest BCUT2D eigenvalue weighted by Crippen LogP contribution is 2.36. The summed E-state index contributed by atoms with van der Waals surface area (Å²) in [5.41, 5.74) is 14.2. The standard InChI is InChI=1S/C19H31NO/c1-11-12(2)14(4)17(15(5)13(11)3)18(20)19(21)16-9-7-6-8-10-16/h16,18-19,21H,6-10,20H2,1-5H3/t18-,19+/m0/s1. The Hall–Kier alpha value is -0.860. The van der Waals surface area contributed by atoms with Crippen molar-refractivity contribution >= 4 is 0 Å². The highest BCUT2D eigenvalue weighted by molar-refractivity contribution is 5.50. The summed E-state index contributed by atoms with van der Waals surface area (Å²) in [5, 5.41) is 10.8. The van der Waals surface area contributed by atoms with Gasteiger partial charge in [0.15, 0.2) is 0 Å². The summed E-state index contributed by atoms with van der Waals surface area (Å²) >= 11 is 0. The summed E-state index contributed by atoms with van der Waals surface area (Å²) in [6, 6.07) is -0.258. The van der Waals surface area contributed by atoms with E-state index < -0.39 is 6.10 Å². The van der Waals surface area contributed by atoms with E-state index in [0.717, 1.165) is 12.8 Å². The summed E-state index contributed by atoms with van der Waals surface area (Å²) in [6.07, 6.45) is 5.60. The molecule has 0 heterocycles. The predicted molar refractivity (Wildman–Crippen MR) is 89.6 cm³/mol. The van der Waals surface area contributed by atoms with Crippen LogP contribution in [0.15, 0.2) is 0 Å². The molecule has 1 aliphatic carbocycles. The molecule has 0 unspecified atom stereocenters. The van der Waals surface area contributed by atoms with Crippen LogP contribution >= 0.6 is 0 Å². The molecule has 21 heavy (non-hydrogen) atoms. The monoisotopic (exact) mass is 289 g/mol. The number of aliphatic hydroxyl groups is 1. The third-order valence-electron chi connectivity index (χ3n) is 5.89. The maximum atomic E-state index is 10.8. The highest BCUT2D eigenvalue weighted by Gasteiger charge is 2.30. The van der Waals surface area contributed by atoms with E-state index in [1.165, 1.54) is 52.6 Å². The normalized spacial score (nSPS) is 19.6. The molecule has 0 bridgehead atoms. The first-order chi connectivity index (χ1) is 9.86. The fourth-order valence-electron chi connectivity index (χ4n) is 3.97. The minimum Gasteiger partial charge on any atom is -0.391 e. The van der Waals surface area contributed by atoms with E-state index in [2.05, 4.69) is 34.6 Å². The topological polar surface area (TPSA) is 46.2 Å². The van der Waals surface area contributed by atoms with Crippen LogP contribution in [0, 0.1) is 40.5 Å². The second kappa shape index (κ2) is 6.50. The van der Waals surface area contributed by atoms with Gasteiger partial charge >= 0.3 is 0 Å². The summed E-state index contributed by atoms with van der Waals surface area (Å²) in [7, 11) is 0. The van der Waals surface area contributed by atoms with E-state index in [1.807, 2.05) is 0 Å². The predicted octanol–water partition coefficient (Wildman–Crippen LogP) is 4.17. The van der Waals surface area contributed by atoms with Gasteiger partial charge in [-0.05, 0) is 86.8 Å². The zero-order valence-electron chi connectivity index (χ0n) is 14.3. The van der Waals surface area contributed by atoms with Crippen molar-refractivity contribution in [3.05, 3.63) is 33.4 Å². The summed E-state index contributed by atoms with van der Waals surface area (Å²) in [4.78, 5) is 0. The van der Waals surface area contributed by atoms with Crippen molar-refractivity contribution in [2.24, 2.45) is 11.7 Å². The van der Waals surface area contributed by atoms with E-state index in [-0.39, 0.29) is 6.04 Å². The van der Waals surface area contributed by atoms with Crippen molar-refractivity contribution in [3.8, 4) is 0 Å². The molecule has 2 atom stereocenters. The van der Waals surface area contributed by atoms with E-state index in [1.54, 1.807) is 0 Å². The van der Waals surface area contributed by atoms with Crippen molar-refractivity contribution in [2.75, 3.05) is 0 Å². The molecule has 0 aliphatic heterocycles. The summed E-state index contributed by atoms with van der Waals surface area (Å²) in [6.45, 7) is 10.8. The first kappa shape index (κ1) is 16.5. The number of nitrogens with two attached hydrogens (primary N) is 1. The molecule has 118 valence electrons. The van der Waals surface area contributed by atoms with E-state index in [0.29, 0.717) is 5.92 Å². The van der Waals surface area contributed by atoms with Crippen LogP contribution < -0.4 is 5.73 Å². The molecule has 2 nitrogen and oxygen atoms in total. The second-order valence-electron chi connectivity index (χ2n) is 6.95. The van der Waals surface area contributed by atoms with Gasteiger partial charge in [-0.3, -0.25) is 0 Å². The maximum Gasteiger partial charge on any atom is 0.0761 e. The molecular weight excluding hydrogens is 258 g/mol. The van der Waals surface area contributed by atoms with Crippen LogP contribution in [-0.4, -0.2) is 11.2 Å². The minimum absolute atomic E-state index is 0.258. The van der Waals surface area contributed by atoms with Crippen molar-refractivity contribution in [1.82, 2.24) is 0 Å². The molecule has 1 fully saturated rings. The van der Waals surface area contributed by atoms with Gasteiger partial charge in [0.05, 0.1) is 12.1 Å². The third-order valence-corrected chi connectivity index (χ3v) is 5.89. The molecule has 0 saturated heterocycles. The Morgan fingerprint density at radius 2 is 1.24 bits per heavy atom. The lowest BCUT2D eigenvalue weighted by Gasteiger charge is -2.33. The molecule has 1 aliphatic rings. The number of hydrogen-bond acceptors (Lipinski definition) is 2. The zero-order valence-corrected chi connectivity index (χ0v) is 14.3. The molecule has 1 saturated carbocycles. The van der Waals surface area contributed by atoms with Gasteiger partial charge in [0.2, 0.25) is 0 Å². The van der Waals surface area contributed by atoms with Crippen LogP contribution in [0.1, 0.15) is 71.5 Å². The van der Waals surface area contributed by atoms with Gasteiger partial charge in [0, 0.05) is 0 Å². The van der Waals surface area contributed by atoms with Gasteiger partial charge in [0.1, 0.15) is 0 Å². The summed E-state index contributed by atoms with van der Waals surface area (Å²) < 4.78 is 0. The van der Waals surface area contributed by atoms with Gasteiger partial charge in [-0.15, -0.1) is 0 Å². The maximum absolute atomic E-state index is 10.8. The van der Waals surface area contributed by atoms with Crippen LogP contribution in [-0.2, 0) is 0 Å². The van der Waals surface area contributed by atoms with Gasteiger partial charge in [0.25, 0.3) is 0 Å². The molecule has 2 heteroatoms. The Morgan fingerprint density at radius 1 is 0.810 bits per heavy atom. The van der Waals surface area contributed by atoms with E-state index >= 15 is 0 Å². The number of hydrogen-bond donors (Lipinski definition) is 2. The largest absolute Gasteiger partial charge is 0.391 e. The van der Waals surface area contributed by atoms with E-state index in [9.17, 15) is 5.11 Å². The van der Waals surface area contributed by atoms with E-state index in [4.69, 9.17) is 5.73 Å². The SMILES string of the molecule is Cc1c(C)c(C)c([C@H](N)[C@H](O)C2CCCCC2)c(C)c1C. The molecule has 1 aromatic carbocycles. The third kappa shape index (κ3) is 3.02. The van der Waals surface area contributed by atoms with Crippen LogP contribution in [0.2, 0.25) is 0 Å². The van der Waals surface area contributed by atoms with Crippen molar-refractivity contribution in [1.29, 1.82) is 0 Å². The van der Waals surface area contributed by atoms with Crippen LogP contribution in [0.3, 0.4) is 0 Å². The minimum atomic E-state index is -0.413. The second-order valence-corrected chi connectivity index (χ2v) is 6.95. The molecule has 2 rings (SSSR count). The molecule has 0 spiro atoms.